The molecule has 0 radical (unpaired) electrons. The third kappa shape index (κ3) is 5.92. The number of hydrogen-bond acceptors (Lipinski definition) is 8. The summed E-state index contributed by atoms with van der Waals surface area (Å²) in [5, 5.41) is 3.55. The van der Waals surface area contributed by atoms with E-state index in [4.69, 9.17) is 14.2 Å². The number of carbonyl (C=O) groups excluding carboxylic acids is 1. The highest BCUT2D eigenvalue weighted by Crippen LogP contribution is 2.31. The third-order valence-electron chi connectivity index (χ3n) is 6.18. The average molecular weight is 489 g/mol. The van der Waals surface area contributed by atoms with Crippen LogP contribution in [0.5, 0.6) is 11.5 Å². The molecule has 10 heteroatoms. The van der Waals surface area contributed by atoms with Crippen molar-refractivity contribution < 1.29 is 19.0 Å². The third-order valence-corrected chi connectivity index (χ3v) is 7.20. The molecule has 1 saturated heterocycles. The van der Waals surface area contributed by atoms with Gasteiger partial charge in [-0.05, 0) is 37.8 Å². The van der Waals surface area contributed by atoms with Gasteiger partial charge in [-0.3, -0.25) is 14.3 Å². The zero-order chi connectivity index (χ0) is 23.9. The second kappa shape index (κ2) is 11.7. The van der Waals surface area contributed by atoms with Gasteiger partial charge in [-0.25, -0.2) is 4.79 Å². The SMILES string of the molecule is COc1ccc(NC(=O)CSc2nc(=O)n(CCCN3CCOCC3)c3c2CCC3)c(OC)c1. The Balaban J connectivity index is 1.38. The number of ether oxygens (including phenoxy) is 3. The molecule has 1 fully saturated rings. The van der Waals surface area contributed by atoms with Gasteiger partial charge in [-0.2, -0.15) is 4.98 Å². The molecular formula is C24H32N4O5S. The normalized spacial score (nSPS) is 15.7. The van der Waals surface area contributed by atoms with Crippen LogP contribution in [0.1, 0.15) is 24.1 Å². The summed E-state index contributed by atoms with van der Waals surface area (Å²) in [5.41, 5.74) is 2.55. The van der Waals surface area contributed by atoms with Crippen LogP contribution in [0.3, 0.4) is 0 Å². The van der Waals surface area contributed by atoms with Gasteiger partial charge in [0.2, 0.25) is 5.91 Å². The van der Waals surface area contributed by atoms with Gasteiger partial charge >= 0.3 is 5.69 Å². The number of morpholine rings is 1. The van der Waals surface area contributed by atoms with Crippen molar-refractivity contribution in [3.8, 4) is 11.5 Å². The lowest BCUT2D eigenvalue weighted by molar-refractivity contribution is -0.113. The molecule has 0 saturated carbocycles. The van der Waals surface area contributed by atoms with Crippen molar-refractivity contribution in [3.63, 3.8) is 0 Å². The molecule has 184 valence electrons. The molecule has 2 aliphatic rings. The molecule has 0 atom stereocenters. The maximum Gasteiger partial charge on any atom is 0.348 e. The van der Waals surface area contributed by atoms with Gasteiger partial charge < -0.3 is 19.5 Å². The predicted molar refractivity (Wildman–Crippen MR) is 131 cm³/mol. The molecule has 1 aromatic heterocycles. The minimum Gasteiger partial charge on any atom is -0.497 e. The van der Waals surface area contributed by atoms with Gasteiger partial charge in [-0.1, -0.05) is 11.8 Å². The highest BCUT2D eigenvalue weighted by atomic mass is 32.2. The van der Waals surface area contributed by atoms with Crippen LogP contribution in [0.25, 0.3) is 0 Å². The summed E-state index contributed by atoms with van der Waals surface area (Å²) in [6.07, 6.45) is 3.69. The number of hydrogen-bond donors (Lipinski definition) is 1. The first-order valence-electron chi connectivity index (χ1n) is 11.7. The van der Waals surface area contributed by atoms with Crippen molar-refractivity contribution >= 4 is 23.4 Å². The zero-order valence-corrected chi connectivity index (χ0v) is 20.6. The molecule has 2 heterocycles. The van der Waals surface area contributed by atoms with Crippen molar-refractivity contribution in [2.75, 3.05) is 58.1 Å². The number of nitrogens with zero attached hydrogens (tertiary/aromatic N) is 3. The topological polar surface area (TPSA) is 94.9 Å². The van der Waals surface area contributed by atoms with Crippen molar-refractivity contribution in [1.29, 1.82) is 0 Å². The summed E-state index contributed by atoms with van der Waals surface area (Å²) in [4.78, 5) is 32.2. The fraction of sp³-hybridized carbons (Fsp3) is 0.542. The summed E-state index contributed by atoms with van der Waals surface area (Å²) in [7, 11) is 3.12. The lowest BCUT2D eigenvalue weighted by Crippen LogP contribution is -2.37. The molecule has 0 bridgehead atoms. The summed E-state index contributed by atoms with van der Waals surface area (Å²) >= 11 is 1.32. The Morgan fingerprint density at radius 1 is 1.18 bits per heavy atom. The van der Waals surface area contributed by atoms with Crippen LogP contribution in [0.4, 0.5) is 5.69 Å². The van der Waals surface area contributed by atoms with Crippen molar-refractivity contribution in [2.24, 2.45) is 0 Å². The summed E-state index contributed by atoms with van der Waals surface area (Å²) in [6, 6.07) is 5.22. The molecule has 0 unspecified atom stereocenters. The number of amides is 1. The smallest absolute Gasteiger partial charge is 0.348 e. The van der Waals surface area contributed by atoms with E-state index in [2.05, 4.69) is 15.2 Å². The molecule has 1 aliphatic carbocycles. The Labute approximate surface area is 203 Å². The Morgan fingerprint density at radius 3 is 2.76 bits per heavy atom. The van der Waals surface area contributed by atoms with Gasteiger partial charge in [0.25, 0.3) is 0 Å². The number of anilines is 1. The van der Waals surface area contributed by atoms with E-state index in [0.29, 0.717) is 28.8 Å². The number of fused-ring (bicyclic) bond motifs is 1. The molecule has 9 nitrogen and oxygen atoms in total. The molecule has 34 heavy (non-hydrogen) atoms. The number of carbonyl (C=O) groups is 1. The van der Waals surface area contributed by atoms with E-state index in [1.165, 1.54) is 11.8 Å². The summed E-state index contributed by atoms with van der Waals surface area (Å²) < 4.78 is 17.8. The maximum atomic E-state index is 12.8. The maximum absolute atomic E-state index is 12.8. The highest BCUT2D eigenvalue weighted by molar-refractivity contribution is 8.00. The van der Waals surface area contributed by atoms with E-state index in [1.54, 1.807) is 32.4 Å². The highest BCUT2D eigenvalue weighted by Gasteiger charge is 2.23. The van der Waals surface area contributed by atoms with Crippen LogP contribution in [0.15, 0.2) is 28.0 Å². The minimum absolute atomic E-state index is 0.162. The van der Waals surface area contributed by atoms with Crippen LogP contribution >= 0.6 is 11.8 Å². The summed E-state index contributed by atoms with van der Waals surface area (Å²) in [6.45, 7) is 5.09. The van der Waals surface area contributed by atoms with Crippen LogP contribution in [0.2, 0.25) is 0 Å². The lowest BCUT2D eigenvalue weighted by atomic mass is 10.2. The van der Waals surface area contributed by atoms with Gasteiger partial charge in [0.1, 0.15) is 16.5 Å². The van der Waals surface area contributed by atoms with Crippen LogP contribution in [-0.4, -0.2) is 73.2 Å². The van der Waals surface area contributed by atoms with E-state index in [0.717, 1.165) is 69.8 Å². The fourth-order valence-corrected chi connectivity index (χ4v) is 5.31. The molecule has 1 aromatic carbocycles. The standard InChI is InChI=1S/C24H32N4O5S/c1-31-17-7-8-19(21(15-17)32-2)25-22(29)16-34-23-18-5-3-6-20(18)28(24(30)26-23)10-4-9-27-11-13-33-14-12-27/h7-8,15H,3-6,9-14,16H2,1-2H3,(H,25,29). The number of methoxy groups -OCH3 is 2. The number of nitrogens with one attached hydrogen (secondary N) is 1. The molecule has 0 spiro atoms. The second-order valence-corrected chi connectivity index (χ2v) is 9.30. The molecule has 4 rings (SSSR count). The van der Waals surface area contributed by atoms with Crippen LogP contribution < -0.4 is 20.5 Å². The van der Waals surface area contributed by atoms with E-state index >= 15 is 0 Å². The monoisotopic (exact) mass is 488 g/mol. The van der Waals surface area contributed by atoms with Crippen LogP contribution in [-0.2, 0) is 28.9 Å². The molecule has 2 aromatic rings. The van der Waals surface area contributed by atoms with Gasteiger partial charge in [0.15, 0.2) is 0 Å². The minimum atomic E-state index is -0.220. The first-order chi connectivity index (χ1) is 16.6. The molecule has 1 amide bonds. The van der Waals surface area contributed by atoms with E-state index in [1.807, 2.05) is 4.57 Å². The molecular weight excluding hydrogens is 456 g/mol. The van der Waals surface area contributed by atoms with E-state index in [9.17, 15) is 9.59 Å². The Kier molecular flexibility index (Phi) is 8.47. The lowest BCUT2D eigenvalue weighted by Gasteiger charge is -2.26. The summed E-state index contributed by atoms with van der Waals surface area (Å²) in [5.74, 6) is 1.15. The van der Waals surface area contributed by atoms with Gasteiger partial charge in [-0.15, -0.1) is 0 Å². The Hall–Kier alpha value is -2.56. The average Bonchev–Trinajstić information content (AvgIpc) is 3.35. The first-order valence-corrected chi connectivity index (χ1v) is 12.6. The number of benzene rings is 1. The van der Waals surface area contributed by atoms with Crippen molar-refractivity contribution in [1.82, 2.24) is 14.5 Å². The van der Waals surface area contributed by atoms with Gasteiger partial charge in [0, 0.05) is 43.5 Å². The second-order valence-electron chi connectivity index (χ2n) is 8.34. The Morgan fingerprint density at radius 2 is 2.00 bits per heavy atom. The van der Waals surface area contributed by atoms with Crippen LogP contribution in [0, 0.1) is 0 Å². The first kappa shape index (κ1) is 24.6. The molecule has 1 aliphatic heterocycles. The van der Waals surface area contributed by atoms with E-state index in [-0.39, 0.29) is 17.3 Å². The fourth-order valence-electron chi connectivity index (χ4n) is 4.44. The quantitative estimate of drug-likeness (QED) is 0.402. The predicted octanol–water partition coefficient (Wildman–Crippen LogP) is 2.20. The number of rotatable bonds is 10. The largest absolute Gasteiger partial charge is 0.497 e. The van der Waals surface area contributed by atoms with Crippen molar-refractivity contribution in [3.05, 3.63) is 39.9 Å². The Bertz CT molecular complexity index is 1070. The number of aromatic nitrogens is 2. The molecule has 1 N–H and O–H groups in total. The van der Waals surface area contributed by atoms with E-state index < -0.39 is 0 Å². The number of thioether (sulfide) groups is 1. The van der Waals surface area contributed by atoms with Crippen molar-refractivity contribution in [2.45, 2.75) is 37.3 Å². The van der Waals surface area contributed by atoms with Gasteiger partial charge in [0.05, 0.1) is 38.9 Å². The zero-order valence-electron chi connectivity index (χ0n) is 19.8.